The van der Waals surface area contributed by atoms with Crippen LogP contribution in [0.4, 0.5) is 0 Å². The van der Waals surface area contributed by atoms with Crippen LogP contribution < -0.4 is 10.6 Å². The largest absolute Gasteiger partial charge is 0.0894 e. The predicted octanol–water partition coefficient (Wildman–Crippen LogP) is 9.73. The minimum Gasteiger partial charge on any atom is -0.0894 e. The summed E-state index contributed by atoms with van der Waals surface area (Å²) in [5, 5.41) is 3.34. The second kappa shape index (κ2) is 13.0. The first kappa shape index (κ1) is 29.5. The molecule has 2 unspecified atom stereocenters. The molecular formula is C32H52P2. The van der Waals surface area contributed by atoms with Crippen LogP contribution in [0.1, 0.15) is 152 Å². The zero-order chi connectivity index (χ0) is 25.7. The predicted molar refractivity (Wildman–Crippen MR) is 163 cm³/mol. The molecule has 190 valence electrons. The number of hydrogen-bond donors (Lipinski definition) is 0. The molecule has 2 aromatic carbocycles. The molecule has 2 aromatic rings. The Kier molecular flexibility index (Phi) is 11.3. The zero-order valence-corrected chi connectivity index (χ0v) is 26.2. The maximum absolute atomic E-state index is 2.52. The molecule has 0 aromatic heterocycles. The van der Waals surface area contributed by atoms with E-state index in [0.29, 0.717) is 35.5 Å². The van der Waals surface area contributed by atoms with Crippen LogP contribution in [0.3, 0.4) is 0 Å². The van der Waals surface area contributed by atoms with Gasteiger partial charge in [0.25, 0.3) is 0 Å². The van der Waals surface area contributed by atoms with Crippen molar-refractivity contribution in [1.82, 2.24) is 0 Å². The Balaban J connectivity index is 2.32. The van der Waals surface area contributed by atoms with Gasteiger partial charge >= 0.3 is 0 Å². The van der Waals surface area contributed by atoms with Crippen molar-refractivity contribution in [3.8, 4) is 0 Å². The maximum atomic E-state index is 2.52. The SMILES string of the molecule is CC(C)c1cc(C(C)C)c(PCCPc2c(C(C)C)cc(C(C)C)cc2C(C)C)c(C(C)C)c1. The van der Waals surface area contributed by atoms with Crippen molar-refractivity contribution in [3.05, 3.63) is 57.6 Å². The van der Waals surface area contributed by atoms with Crippen LogP contribution in [0.15, 0.2) is 24.3 Å². The molecule has 2 atom stereocenters. The molecule has 0 amide bonds. The summed E-state index contributed by atoms with van der Waals surface area (Å²) in [6, 6.07) is 10.1. The van der Waals surface area contributed by atoms with Crippen molar-refractivity contribution in [1.29, 1.82) is 0 Å². The lowest BCUT2D eigenvalue weighted by atomic mass is 9.89. The summed E-state index contributed by atoms with van der Waals surface area (Å²) in [5.41, 5.74) is 9.42. The molecule has 0 saturated heterocycles. The number of benzene rings is 2. The van der Waals surface area contributed by atoms with Crippen LogP contribution >= 0.6 is 17.2 Å². The Morgan fingerprint density at radius 3 is 0.824 bits per heavy atom. The fourth-order valence-corrected chi connectivity index (χ4v) is 8.45. The molecule has 0 aliphatic heterocycles. The summed E-state index contributed by atoms with van der Waals surface area (Å²) < 4.78 is 0. The molecule has 0 aliphatic carbocycles. The van der Waals surface area contributed by atoms with E-state index >= 15 is 0 Å². The molecule has 0 aliphatic rings. The third kappa shape index (κ3) is 7.40. The lowest BCUT2D eigenvalue weighted by Gasteiger charge is -2.24. The fourth-order valence-electron chi connectivity index (χ4n) is 4.69. The molecule has 2 rings (SSSR count). The van der Waals surface area contributed by atoms with E-state index in [-0.39, 0.29) is 0 Å². The summed E-state index contributed by atoms with van der Waals surface area (Å²) in [6.07, 6.45) is 2.61. The lowest BCUT2D eigenvalue weighted by Crippen LogP contribution is -2.18. The van der Waals surface area contributed by atoms with E-state index in [1.807, 2.05) is 0 Å². The highest BCUT2D eigenvalue weighted by Crippen LogP contribution is 2.34. The molecule has 0 spiro atoms. The highest BCUT2D eigenvalue weighted by Gasteiger charge is 2.19. The summed E-state index contributed by atoms with van der Waals surface area (Å²) in [4.78, 5) is 0. The highest BCUT2D eigenvalue weighted by molar-refractivity contribution is 7.51. The summed E-state index contributed by atoms with van der Waals surface area (Å²) in [7, 11) is 1.83. The van der Waals surface area contributed by atoms with Crippen LogP contribution in [-0.4, -0.2) is 12.3 Å². The molecule has 0 saturated carbocycles. The number of rotatable bonds is 11. The third-order valence-electron chi connectivity index (χ3n) is 6.99. The zero-order valence-electron chi connectivity index (χ0n) is 24.2. The molecule has 0 bridgehead atoms. The molecule has 34 heavy (non-hydrogen) atoms. The normalized spacial score (nSPS) is 13.1. The lowest BCUT2D eigenvalue weighted by molar-refractivity contribution is 0.813. The van der Waals surface area contributed by atoms with Crippen LogP contribution in [-0.2, 0) is 0 Å². The second-order valence-electron chi connectivity index (χ2n) is 11.9. The van der Waals surface area contributed by atoms with Gasteiger partial charge in [-0.3, -0.25) is 0 Å². The van der Waals surface area contributed by atoms with Crippen LogP contribution in [0.25, 0.3) is 0 Å². The van der Waals surface area contributed by atoms with Gasteiger partial charge in [-0.2, -0.15) is 0 Å². The Morgan fingerprint density at radius 1 is 0.412 bits per heavy atom. The minimum absolute atomic E-state index is 0.588. The second-order valence-corrected chi connectivity index (χ2v) is 14.6. The summed E-state index contributed by atoms with van der Waals surface area (Å²) in [5.74, 6) is 3.53. The van der Waals surface area contributed by atoms with Crippen molar-refractivity contribution in [2.24, 2.45) is 0 Å². The Hall–Kier alpha value is -0.700. The van der Waals surface area contributed by atoms with E-state index in [0.717, 1.165) is 17.2 Å². The first-order valence-corrected chi connectivity index (χ1v) is 16.1. The molecule has 0 fully saturated rings. The van der Waals surface area contributed by atoms with Crippen molar-refractivity contribution < 1.29 is 0 Å². The van der Waals surface area contributed by atoms with Gasteiger partial charge in [0.15, 0.2) is 0 Å². The topological polar surface area (TPSA) is 0 Å². The smallest absolute Gasteiger partial charge is 0.0202 e. The Morgan fingerprint density at radius 2 is 0.647 bits per heavy atom. The van der Waals surface area contributed by atoms with Crippen LogP contribution in [0.5, 0.6) is 0 Å². The van der Waals surface area contributed by atoms with E-state index < -0.39 is 0 Å². The Labute approximate surface area is 216 Å². The summed E-state index contributed by atoms with van der Waals surface area (Å²) >= 11 is 0. The quantitative estimate of drug-likeness (QED) is 0.214. The van der Waals surface area contributed by atoms with Gasteiger partial charge < -0.3 is 0 Å². The first-order chi connectivity index (χ1) is 15.8. The van der Waals surface area contributed by atoms with Gasteiger partial charge in [-0.15, -0.1) is 0 Å². The van der Waals surface area contributed by atoms with Crippen molar-refractivity contribution in [2.45, 2.75) is 119 Å². The first-order valence-electron chi connectivity index (χ1n) is 13.7. The summed E-state index contributed by atoms with van der Waals surface area (Å²) in [6.45, 7) is 28.3. The monoisotopic (exact) mass is 498 g/mol. The van der Waals surface area contributed by atoms with Crippen molar-refractivity contribution in [3.63, 3.8) is 0 Å². The molecule has 0 N–H and O–H groups in total. The van der Waals surface area contributed by atoms with Gasteiger partial charge in [-0.25, -0.2) is 0 Å². The average molecular weight is 499 g/mol. The van der Waals surface area contributed by atoms with Gasteiger partial charge in [0.2, 0.25) is 0 Å². The van der Waals surface area contributed by atoms with E-state index in [1.54, 1.807) is 32.9 Å². The molecular weight excluding hydrogens is 446 g/mol. The van der Waals surface area contributed by atoms with E-state index in [2.05, 4.69) is 107 Å². The van der Waals surface area contributed by atoms with Gasteiger partial charge in [0, 0.05) is 0 Å². The molecule has 0 nitrogen and oxygen atoms in total. The van der Waals surface area contributed by atoms with E-state index in [1.165, 1.54) is 23.5 Å². The fraction of sp³-hybridized carbons (Fsp3) is 0.625. The number of hydrogen-bond acceptors (Lipinski definition) is 0. The van der Waals surface area contributed by atoms with Gasteiger partial charge in [0.1, 0.15) is 0 Å². The highest BCUT2D eigenvalue weighted by atomic mass is 31.1. The standard InChI is InChI=1S/C32H52P2/c1-19(2)25-15-27(21(5)6)31(28(16-25)22(7)8)33-13-14-34-32-29(23(9)10)17-26(20(3)4)18-30(32)24(11)12/h15-24,33-34H,13-14H2,1-12H3. The maximum Gasteiger partial charge on any atom is -0.0202 e. The van der Waals surface area contributed by atoms with Crippen LogP contribution in [0, 0.1) is 0 Å². The van der Waals surface area contributed by atoms with Gasteiger partial charge in [-0.05, 0) is 91.8 Å². The van der Waals surface area contributed by atoms with E-state index in [4.69, 9.17) is 0 Å². The molecule has 0 heterocycles. The van der Waals surface area contributed by atoms with E-state index in [9.17, 15) is 0 Å². The minimum atomic E-state index is 0.588. The molecule has 2 heteroatoms. The Bertz CT molecular complexity index is 797. The third-order valence-corrected chi connectivity index (χ3v) is 10.4. The van der Waals surface area contributed by atoms with Crippen molar-refractivity contribution in [2.75, 3.05) is 12.3 Å². The van der Waals surface area contributed by atoms with Crippen molar-refractivity contribution >= 4 is 27.8 Å². The molecule has 0 radical (unpaired) electrons. The van der Waals surface area contributed by atoms with Crippen LogP contribution in [0.2, 0.25) is 0 Å². The van der Waals surface area contributed by atoms with Gasteiger partial charge in [0.05, 0.1) is 0 Å². The average Bonchev–Trinajstić information content (AvgIpc) is 2.75. The van der Waals surface area contributed by atoms with Gasteiger partial charge in [-0.1, -0.05) is 125 Å².